The lowest BCUT2D eigenvalue weighted by Gasteiger charge is -2.35. The summed E-state index contributed by atoms with van der Waals surface area (Å²) < 4.78 is 17.1. The number of carboxylic acids is 1. The van der Waals surface area contributed by atoms with Crippen molar-refractivity contribution in [2.24, 2.45) is 5.73 Å². The van der Waals surface area contributed by atoms with E-state index in [1.54, 1.807) is 0 Å². The lowest BCUT2D eigenvalue weighted by Crippen LogP contribution is -2.32. The van der Waals surface area contributed by atoms with E-state index < -0.39 is 17.2 Å². The molecule has 8 heteroatoms. The van der Waals surface area contributed by atoms with Gasteiger partial charge >= 0.3 is 5.97 Å². The summed E-state index contributed by atoms with van der Waals surface area (Å²) in [4.78, 5) is 26.6. The maximum atomic E-state index is 15.2. The Morgan fingerprint density at radius 3 is 2.93 bits per heavy atom. The standard InChI is InChI=1S/C19H20FN3O3S/c1-8-23-15-11-4-2-3-10-5-9(21)7-22(10)16(11)13(20)6-12(15)17(24)14(19(25)26)18(23)27-8/h6,8-10H,2-5,7,21H2,1H3,(H,25,26)/t8?,9-,10+/m0/s1. The van der Waals surface area contributed by atoms with Crippen LogP contribution in [-0.4, -0.2) is 34.3 Å². The van der Waals surface area contributed by atoms with Crippen molar-refractivity contribution in [2.75, 3.05) is 11.4 Å². The van der Waals surface area contributed by atoms with E-state index in [1.807, 2.05) is 11.5 Å². The van der Waals surface area contributed by atoms with Gasteiger partial charge in [-0.15, -0.1) is 0 Å². The number of aromatic nitrogens is 1. The Kier molecular flexibility index (Phi) is 3.61. The van der Waals surface area contributed by atoms with Crippen LogP contribution in [0.25, 0.3) is 10.9 Å². The summed E-state index contributed by atoms with van der Waals surface area (Å²) in [5, 5.41) is 10.2. The first-order valence-electron chi connectivity index (χ1n) is 9.24. The zero-order valence-corrected chi connectivity index (χ0v) is 15.7. The molecule has 0 aliphatic carbocycles. The fraction of sp³-hybridized carbons (Fsp3) is 0.474. The van der Waals surface area contributed by atoms with Crippen LogP contribution >= 0.6 is 11.8 Å². The van der Waals surface area contributed by atoms with E-state index in [-0.39, 0.29) is 28.4 Å². The van der Waals surface area contributed by atoms with Gasteiger partial charge in [0.15, 0.2) is 0 Å². The van der Waals surface area contributed by atoms with Crippen LogP contribution in [0.3, 0.4) is 0 Å². The largest absolute Gasteiger partial charge is 0.477 e. The molecule has 0 spiro atoms. The van der Waals surface area contributed by atoms with Crippen molar-refractivity contribution in [2.45, 2.75) is 55.1 Å². The average Bonchev–Trinajstić information content (AvgIpc) is 2.85. The van der Waals surface area contributed by atoms with Crippen LogP contribution in [0.4, 0.5) is 10.1 Å². The van der Waals surface area contributed by atoms with E-state index in [2.05, 4.69) is 4.90 Å². The summed E-state index contributed by atoms with van der Waals surface area (Å²) in [5.74, 6) is -1.71. The fourth-order valence-corrected chi connectivity index (χ4v) is 6.10. The molecule has 4 heterocycles. The summed E-state index contributed by atoms with van der Waals surface area (Å²) in [6, 6.07) is 1.48. The van der Waals surface area contributed by atoms with E-state index in [9.17, 15) is 14.7 Å². The van der Waals surface area contributed by atoms with Crippen molar-refractivity contribution in [3.05, 3.63) is 33.2 Å². The van der Waals surface area contributed by atoms with Crippen molar-refractivity contribution in [3.8, 4) is 0 Å². The highest BCUT2D eigenvalue weighted by molar-refractivity contribution is 8.00. The molecule has 1 aromatic carbocycles. The number of anilines is 1. The second-order valence-electron chi connectivity index (χ2n) is 7.68. The number of carbonyl (C=O) groups is 1. The minimum atomic E-state index is -1.26. The number of hydrogen-bond acceptors (Lipinski definition) is 5. The second kappa shape index (κ2) is 5.72. The number of carboxylic acid groups (broad SMARTS) is 1. The van der Waals surface area contributed by atoms with Crippen LogP contribution in [0.2, 0.25) is 0 Å². The highest BCUT2D eigenvalue weighted by atomic mass is 32.2. The van der Waals surface area contributed by atoms with Crippen LogP contribution in [0.5, 0.6) is 0 Å². The van der Waals surface area contributed by atoms with Crippen molar-refractivity contribution >= 4 is 34.3 Å². The zero-order valence-electron chi connectivity index (χ0n) is 14.9. The smallest absolute Gasteiger partial charge is 0.342 e. The summed E-state index contributed by atoms with van der Waals surface area (Å²) in [6.45, 7) is 2.57. The Bertz CT molecular complexity index is 1070. The maximum absolute atomic E-state index is 15.2. The van der Waals surface area contributed by atoms with Gasteiger partial charge in [0, 0.05) is 24.2 Å². The first-order chi connectivity index (χ1) is 12.9. The maximum Gasteiger partial charge on any atom is 0.342 e. The molecule has 142 valence electrons. The molecular weight excluding hydrogens is 369 g/mol. The summed E-state index contributed by atoms with van der Waals surface area (Å²) in [5.41, 5.74) is 7.37. The van der Waals surface area contributed by atoms with Crippen LogP contribution in [-0.2, 0) is 6.42 Å². The van der Waals surface area contributed by atoms with Crippen molar-refractivity contribution in [1.82, 2.24) is 4.57 Å². The molecule has 0 saturated carbocycles. The number of fused-ring (bicyclic) bond motifs is 7. The van der Waals surface area contributed by atoms with E-state index in [1.165, 1.54) is 17.8 Å². The van der Waals surface area contributed by atoms with Crippen LogP contribution in [0, 0.1) is 5.82 Å². The molecule has 1 fully saturated rings. The third-order valence-corrected chi connectivity index (χ3v) is 7.20. The molecule has 3 N–H and O–H groups in total. The van der Waals surface area contributed by atoms with E-state index in [0.717, 1.165) is 24.8 Å². The molecular formula is C19H20FN3O3S. The molecule has 5 rings (SSSR count). The minimum absolute atomic E-state index is 0.00986. The number of nitrogens with zero attached hydrogens (tertiary/aromatic N) is 2. The molecule has 1 saturated heterocycles. The lowest BCUT2D eigenvalue weighted by molar-refractivity contribution is 0.0689. The van der Waals surface area contributed by atoms with Gasteiger partial charge in [0.2, 0.25) is 5.43 Å². The second-order valence-corrected chi connectivity index (χ2v) is 8.98. The molecule has 3 aliphatic heterocycles. The summed E-state index contributed by atoms with van der Waals surface area (Å²) >= 11 is 1.37. The first kappa shape index (κ1) is 17.1. The number of aromatic carboxylic acids is 1. The molecule has 6 nitrogen and oxygen atoms in total. The van der Waals surface area contributed by atoms with E-state index >= 15 is 4.39 Å². The normalized spacial score (nSPS) is 26.2. The number of rotatable bonds is 1. The number of halogens is 1. The molecule has 1 aromatic heterocycles. The fourth-order valence-electron chi connectivity index (χ4n) is 4.96. The quantitative estimate of drug-likeness (QED) is 0.780. The van der Waals surface area contributed by atoms with Gasteiger partial charge in [-0.1, -0.05) is 11.8 Å². The molecule has 0 bridgehead atoms. The average molecular weight is 389 g/mol. The molecule has 0 radical (unpaired) electrons. The molecule has 3 aliphatic rings. The Morgan fingerprint density at radius 2 is 2.22 bits per heavy atom. The van der Waals surface area contributed by atoms with Gasteiger partial charge in [-0.05, 0) is 38.7 Å². The first-order valence-corrected chi connectivity index (χ1v) is 10.1. The Labute approximate surface area is 159 Å². The topological polar surface area (TPSA) is 88.6 Å². The van der Waals surface area contributed by atoms with Crippen molar-refractivity contribution in [1.29, 1.82) is 0 Å². The number of pyridine rings is 1. The van der Waals surface area contributed by atoms with Crippen molar-refractivity contribution in [3.63, 3.8) is 0 Å². The van der Waals surface area contributed by atoms with Gasteiger partial charge in [0.25, 0.3) is 0 Å². The van der Waals surface area contributed by atoms with Crippen LogP contribution in [0.15, 0.2) is 15.9 Å². The Hall–Kier alpha value is -2.06. The van der Waals surface area contributed by atoms with Gasteiger partial charge < -0.3 is 20.3 Å². The van der Waals surface area contributed by atoms with Crippen molar-refractivity contribution < 1.29 is 14.3 Å². The highest BCUT2D eigenvalue weighted by Crippen LogP contribution is 2.49. The van der Waals surface area contributed by atoms with Gasteiger partial charge in [0.1, 0.15) is 11.4 Å². The molecule has 1 unspecified atom stereocenters. The van der Waals surface area contributed by atoms with E-state index in [4.69, 9.17) is 5.73 Å². The zero-order chi connectivity index (χ0) is 19.0. The van der Waals surface area contributed by atoms with Gasteiger partial charge in [-0.2, -0.15) is 0 Å². The highest BCUT2D eigenvalue weighted by Gasteiger charge is 2.39. The molecule has 3 atom stereocenters. The molecule has 27 heavy (non-hydrogen) atoms. The number of benzene rings is 1. The lowest BCUT2D eigenvalue weighted by atomic mass is 9.99. The number of aryl methyl sites for hydroxylation is 1. The number of hydrogen-bond donors (Lipinski definition) is 2. The minimum Gasteiger partial charge on any atom is -0.477 e. The van der Waals surface area contributed by atoms with Gasteiger partial charge in [0.05, 0.1) is 27.0 Å². The van der Waals surface area contributed by atoms with Gasteiger partial charge in [-0.3, -0.25) is 4.79 Å². The summed E-state index contributed by atoms with van der Waals surface area (Å²) in [6.07, 6.45) is 3.36. The molecule has 0 amide bonds. The van der Waals surface area contributed by atoms with E-state index in [0.29, 0.717) is 29.2 Å². The van der Waals surface area contributed by atoms with Crippen LogP contribution < -0.4 is 16.1 Å². The third kappa shape index (κ3) is 2.23. The molecule has 2 aromatic rings. The summed E-state index contributed by atoms with van der Waals surface area (Å²) in [7, 11) is 0. The SMILES string of the molecule is CC1Sc2c(C(=O)O)c(=O)c3cc(F)c4c(c3n21)CCC[C@@H]1C[C@H](N)CN41. The Morgan fingerprint density at radius 1 is 1.44 bits per heavy atom. The monoisotopic (exact) mass is 389 g/mol. The number of nitrogens with two attached hydrogens (primary N) is 1. The van der Waals surface area contributed by atoms with Gasteiger partial charge in [-0.25, -0.2) is 9.18 Å². The Balaban J connectivity index is 1.88. The van der Waals surface area contributed by atoms with Crippen LogP contribution in [0.1, 0.15) is 47.5 Å². The predicted octanol–water partition coefficient (Wildman–Crippen LogP) is 2.71. The number of thioether (sulfide) groups is 1. The third-order valence-electron chi connectivity index (χ3n) is 6.03. The predicted molar refractivity (Wildman–Crippen MR) is 102 cm³/mol.